The molecule has 1 N–H and O–H groups in total. The lowest BCUT2D eigenvalue weighted by Crippen LogP contribution is -2.43. The molecule has 0 bridgehead atoms. The van der Waals surface area contributed by atoms with E-state index in [0.29, 0.717) is 30.9 Å². The van der Waals surface area contributed by atoms with Gasteiger partial charge in [-0.3, -0.25) is 0 Å². The topological polar surface area (TPSA) is 58.6 Å². The molecule has 4 rings (SSSR count). The molecule has 7 heteroatoms. The second kappa shape index (κ2) is 6.30. The third-order valence-corrected chi connectivity index (χ3v) is 8.03. The van der Waals surface area contributed by atoms with Gasteiger partial charge in [0.2, 0.25) is 10.0 Å². The van der Waals surface area contributed by atoms with Crippen LogP contribution in [0.1, 0.15) is 24.0 Å². The highest BCUT2D eigenvalue weighted by molar-refractivity contribution is 7.88. The number of aryl methyl sites for hydroxylation is 1. The fourth-order valence-corrected chi connectivity index (χ4v) is 6.58. The first-order valence-corrected chi connectivity index (χ1v) is 10.6. The summed E-state index contributed by atoms with van der Waals surface area (Å²) in [6, 6.07) is 4.61. The molecular formula is C18H25FN2O3S. The predicted octanol–water partition coefficient (Wildman–Crippen LogP) is 1.66. The smallest absolute Gasteiger partial charge is 0.218 e. The molecule has 1 aromatic carbocycles. The van der Waals surface area contributed by atoms with Gasteiger partial charge in [-0.25, -0.2) is 12.8 Å². The molecule has 1 aromatic rings. The summed E-state index contributed by atoms with van der Waals surface area (Å²) in [5.74, 6) is -0.230. The third-order valence-electron chi connectivity index (χ3n) is 6.22. The molecule has 5 nitrogen and oxygen atoms in total. The first-order chi connectivity index (χ1) is 11.9. The minimum absolute atomic E-state index is 0.0258. The first kappa shape index (κ1) is 17.4. The number of hydrogen-bond acceptors (Lipinski definition) is 4. The van der Waals surface area contributed by atoms with Gasteiger partial charge in [-0.15, -0.1) is 0 Å². The molecule has 3 aliphatic heterocycles. The van der Waals surface area contributed by atoms with Crippen molar-refractivity contribution < 1.29 is 17.5 Å². The van der Waals surface area contributed by atoms with Gasteiger partial charge < -0.3 is 10.1 Å². The number of ether oxygens (including phenoxy) is 1. The summed E-state index contributed by atoms with van der Waals surface area (Å²) in [5, 5.41) is 3.37. The zero-order chi connectivity index (χ0) is 17.7. The van der Waals surface area contributed by atoms with E-state index in [2.05, 4.69) is 5.32 Å². The number of hydrogen-bond donors (Lipinski definition) is 1. The Bertz CT molecular complexity index is 762. The van der Waals surface area contributed by atoms with Gasteiger partial charge in [-0.2, -0.15) is 4.31 Å². The lowest BCUT2D eigenvalue weighted by Gasteiger charge is -2.37. The van der Waals surface area contributed by atoms with Crippen molar-refractivity contribution in [3.63, 3.8) is 0 Å². The molecular weight excluding hydrogens is 343 g/mol. The Hall–Kier alpha value is -1.02. The number of nitrogens with zero attached hydrogens (tertiary/aromatic N) is 1. The summed E-state index contributed by atoms with van der Waals surface area (Å²) >= 11 is 0. The normalized spacial score (nSPS) is 29.2. The summed E-state index contributed by atoms with van der Waals surface area (Å²) in [7, 11) is -3.51. The maximum absolute atomic E-state index is 13.8. The predicted molar refractivity (Wildman–Crippen MR) is 93.1 cm³/mol. The molecule has 0 radical (unpaired) electrons. The van der Waals surface area contributed by atoms with Crippen LogP contribution in [0.2, 0.25) is 0 Å². The largest absolute Gasteiger partial charge is 0.379 e. The number of nitrogens with one attached hydrogen (secondary N) is 1. The van der Waals surface area contributed by atoms with Crippen LogP contribution in [0.25, 0.3) is 0 Å². The van der Waals surface area contributed by atoms with Gasteiger partial charge in [0.25, 0.3) is 0 Å². The molecule has 0 aliphatic carbocycles. The van der Waals surface area contributed by atoms with E-state index in [-0.39, 0.29) is 28.9 Å². The van der Waals surface area contributed by atoms with E-state index in [1.807, 2.05) is 0 Å². The van der Waals surface area contributed by atoms with Gasteiger partial charge in [0.05, 0.1) is 25.0 Å². The summed E-state index contributed by atoms with van der Waals surface area (Å²) < 4.78 is 47.3. The Morgan fingerprint density at radius 2 is 2.08 bits per heavy atom. The van der Waals surface area contributed by atoms with E-state index < -0.39 is 10.0 Å². The summed E-state index contributed by atoms with van der Waals surface area (Å²) in [5.41, 5.74) is 1.06. The Balaban J connectivity index is 1.60. The van der Waals surface area contributed by atoms with E-state index in [9.17, 15) is 12.8 Å². The van der Waals surface area contributed by atoms with Crippen molar-refractivity contribution in [3.8, 4) is 0 Å². The number of halogens is 1. The number of fused-ring (bicyclic) bond motifs is 2. The van der Waals surface area contributed by atoms with Crippen LogP contribution < -0.4 is 5.32 Å². The van der Waals surface area contributed by atoms with Gasteiger partial charge in [-0.05, 0) is 55.5 Å². The molecule has 3 aliphatic rings. The van der Waals surface area contributed by atoms with Crippen LogP contribution in [0.5, 0.6) is 0 Å². The average Bonchev–Trinajstić information content (AvgIpc) is 3.16. The average molecular weight is 368 g/mol. The number of benzene rings is 1. The van der Waals surface area contributed by atoms with E-state index in [4.69, 9.17) is 4.74 Å². The highest BCUT2D eigenvalue weighted by Crippen LogP contribution is 2.50. The Morgan fingerprint density at radius 3 is 2.80 bits per heavy atom. The van der Waals surface area contributed by atoms with Crippen molar-refractivity contribution in [3.05, 3.63) is 35.1 Å². The molecule has 0 aromatic heterocycles. The Kier molecular flexibility index (Phi) is 4.38. The van der Waals surface area contributed by atoms with Crippen molar-refractivity contribution in [1.82, 2.24) is 9.62 Å². The van der Waals surface area contributed by atoms with Crippen molar-refractivity contribution in [2.45, 2.75) is 31.6 Å². The van der Waals surface area contributed by atoms with E-state index >= 15 is 0 Å². The molecule has 25 heavy (non-hydrogen) atoms. The highest BCUT2D eigenvalue weighted by Gasteiger charge is 2.57. The minimum Gasteiger partial charge on any atom is -0.379 e. The summed E-state index contributed by atoms with van der Waals surface area (Å²) in [6.45, 7) is 5.23. The van der Waals surface area contributed by atoms with Crippen molar-refractivity contribution in [2.24, 2.45) is 11.3 Å². The van der Waals surface area contributed by atoms with Crippen LogP contribution in [-0.4, -0.2) is 51.6 Å². The van der Waals surface area contributed by atoms with Crippen LogP contribution in [0.4, 0.5) is 4.39 Å². The molecule has 3 fully saturated rings. The van der Waals surface area contributed by atoms with Crippen molar-refractivity contribution in [1.29, 1.82) is 0 Å². The van der Waals surface area contributed by atoms with Gasteiger partial charge in [0, 0.05) is 12.5 Å². The van der Waals surface area contributed by atoms with Crippen LogP contribution in [0.15, 0.2) is 18.2 Å². The maximum atomic E-state index is 13.8. The van der Waals surface area contributed by atoms with Crippen LogP contribution in [0.3, 0.4) is 0 Å². The number of sulfonamides is 1. The van der Waals surface area contributed by atoms with Crippen molar-refractivity contribution >= 4 is 10.0 Å². The molecule has 0 amide bonds. The van der Waals surface area contributed by atoms with Gasteiger partial charge >= 0.3 is 0 Å². The lowest BCUT2D eigenvalue weighted by atomic mass is 9.70. The standard InChI is InChI=1S/C18H25FN2O3S/c1-13-2-3-14(8-16(13)19)11-25(22,23)21-12-18(4-6-20-7-5-18)15-9-24-10-17(15)21/h2-3,8,15,17,20H,4-7,9-12H2,1H3/t15-,17+/m0/s1. The number of rotatable bonds is 3. The van der Waals surface area contributed by atoms with Gasteiger partial charge in [0.15, 0.2) is 0 Å². The first-order valence-electron chi connectivity index (χ1n) is 8.94. The fourth-order valence-electron chi connectivity index (χ4n) is 4.73. The molecule has 138 valence electrons. The molecule has 1 spiro atoms. The second-order valence-electron chi connectivity index (χ2n) is 7.71. The zero-order valence-corrected chi connectivity index (χ0v) is 15.3. The van der Waals surface area contributed by atoms with Crippen LogP contribution in [0, 0.1) is 24.1 Å². The minimum atomic E-state index is -3.51. The lowest BCUT2D eigenvalue weighted by molar-refractivity contribution is 0.0979. The zero-order valence-electron chi connectivity index (χ0n) is 14.5. The summed E-state index contributed by atoms with van der Waals surface area (Å²) in [6.07, 6.45) is 1.98. The van der Waals surface area contributed by atoms with Crippen molar-refractivity contribution in [2.75, 3.05) is 32.8 Å². The van der Waals surface area contributed by atoms with E-state index in [1.165, 1.54) is 6.07 Å². The Labute approximate surface area is 148 Å². The van der Waals surface area contributed by atoms with E-state index in [0.717, 1.165) is 25.9 Å². The summed E-state index contributed by atoms with van der Waals surface area (Å²) in [4.78, 5) is 0. The van der Waals surface area contributed by atoms with Crippen LogP contribution in [-0.2, 0) is 20.5 Å². The van der Waals surface area contributed by atoms with Crippen LogP contribution >= 0.6 is 0 Å². The third kappa shape index (κ3) is 3.01. The monoisotopic (exact) mass is 368 g/mol. The molecule has 3 heterocycles. The highest BCUT2D eigenvalue weighted by atomic mass is 32.2. The number of piperidine rings is 1. The SMILES string of the molecule is Cc1ccc(CS(=O)(=O)N2CC3(CCNCC3)[C@H]3COC[C@H]32)cc1F. The van der Waals surface area contributed by atoms with Gasteiger partial charge in [-0.1, -0.05) is 12.1 Å². The maximum Gasteiger partial charge on any atom is 0.218 e. The molecule has 0 saturated carbocycles. The molecule has 3 saturated heterocycles. The second-order valence-corrected chi connectivity index (χ2v) is 9.63. The van der Waals surface area contributed by atoms with Gasteiger partial charge in [0.1, 0.15) is 5.82 Å². The molecule has 2 atom stereocenters. The molecule has 0 unspecified atom stereocenters. The fraction of sp³-hybridized carbons (Fsp3) is 0.667. The quantitative estimate of drug-likeness (QED) is 0.882. The Morgan fingerprint density at radius 1 is 1.32 bits per heavy atom. The van der Waals surface area contributed by atoms with E-state index in [1.54, 1.807) is 23.4 Å².